The number of benzene rings is 1. The molecule has 94 valence electrons. The highest BCUT2D eigenvalue weighted by Crippen LogP contribution is 2.33. The molecule has 17 heavy (non-hydrogen) atoms. The molecule has 1 fully saturated rings. The van der Waals surface area contributed by atoms with Crippen molar-refractivity contribution in [1.82, 2.24) is 5.32 Å². The quantitative estimate of drug-likeness (QED) is 0.809. The Morgan fingerprint density at radius 2 is 2.18 bits per heavy atom. The lowest BCUT2D eigenvalue weighted by molar-refractivity contribution is -0.263. The molecular weight excluding hydrogens is 238 g/mol. The summed E-state index contributed by atoms with van der Waals surface area (Å²) in [5.74, 6) is -1.32. The van der Waals surface area contributed by atoms with Crippen molar-refractivity contribution in [1.29, 1.82) is 0 Å². The van der Waals surface area contributed by atoms with E-state index in [0.29, 0.717) is 17.2 Å². The minimum Gasteiger partial charge on any atom is -0.361 e. The van der Waals surface area contributed by atoms with E-state index in [-0.39, 0.29) is 11.6 Å². The summed E-state index contributed by atoms with van der Waals surface area (Å²) in [5.41, 5.74) is 0.546. The standard InChI is InChI=1S/C13H18ClNO2/c1-9-13(16,17-8-12(2,3)15-9)10-5-4-6-11(14)7-10/h4-7,9,15-16H,8H2,1-3H3. The van der Waals surface area contributed by atoms with Gasteiger partial charge in [0, 0.05) is 16.1 Å². The first kappa shape index (κ1) is 12.8. The second-order valence-corrected chi connectivity index (χ2v) is 5.68. The molecule has 2 rings (SSSR count). The average Bonchev–Trinajstić information content (AvgIpc) is 2.24. The van der Waals surface area contributed by atoms with Crippen LogP contribution >= 0.6 is 11.6 Å². The zero-order chi connectivity index (χ0) is 12.7. The van der Waals surface area contributed by atoms with Gasteiger partial charge in [0.25, 0.3) is 0 Å². The van der Waals surface area contributed by atoms with E-state index in [4.69, 9.17) is 16.3 Å². The lowest BCUT2D eigenvalue weighted by Crippen LogP contribution is -2.63. The van der Waals surface area contributed by atoms with Crippen LogP contribution in [-0.4, -0.2) is 23.3 Å². The number of nitrogens with one attached hydrogen (secondary N) is 1. The molecule has 1 aromatic rings. The third kappa shape index (κ3) is 2.47. The van der Waals surface area contributed by atoms with E-state index in [2.05, 4.69) is 5.32 Å². The highest BCUT2D eigenvalue weighted by atomic mass is 35.5. The van der Waals surface area contributed by atoms with Gasteiger partial charge in [-0.05, 0) is 32.9 Å². The van der Waals surface area contributed by atoms with Crippen LogP contribution in [0, 0.1) is 0 Å². The molecule has 0 aromatic heterocycles. The van der Waals surface area contributed by atoms with Gasteiger partial charge in [0.1, 0.15) is 0 Å². The summed E-state index contributed by atoms with van der Waals surface area (Å²) < 4.78 is 5.67. The molecule has 3 nitrogen and oxygen atoms in total. The molecule has 0 spiro atoms. The summed E-state index contributed by atoms with van der Waals surface area (Å²) in [7, 11) is 0. The Kier molecular flexibility index (Phi) is 3.21. The maximum absolute atomic E-state index is 10.6. The molecule has 0 radical (unpaired) electrons. The summed E-state index contributed by atoms with van der Waals surface area (Å²) in [6.07, 6.45) is 0. The van der Waals surface area contributed by atoms with Crippen LogP contribution in [0.15, 0.2) is 24.3 Å². The zero-order valence-electron chi connectivity index (χ0n) is 10.3. The third-order valence-corrected chi connectivity index (χ3v) is 3.32. The highest BCUT2D eigenvalue weighted by Gasteiger charge is 2.44. The first-order valence-corrected chi connectivity index (χ1v) is 6.11. The maximum atomic E-state index is 10.6. The van der Waals surface area contributed by atoms with E-state index in [1.54, 1.807) is 12.1 Å². The van der Waals surface area contributed by atoms with E-state index in [0.717, 1.165) is 0 Å². The van der Waals surface area contributed by atoms with E-state index in [9.17, 15) is 5.11 Å². The van der Waals surface area contributed by atoms with Crippen LogP contribution in [0.3, 0.4) is 0 Å². The molecule has 0 saturated carbocycles. The minimum absolute atomic E-state index is 0.135. The normalized spacial score (nSPS) is 32.4. The van der Waals surface area contributed by atoms with Gasteiger partial charge in [0.05, 0.1) is 12.6 Å². The maximum Gasteiger partial charge on any atom is 0.208 e. The number of halogens is 1. The van der Waals surface area contributed by atoms with Gasteiger partial charge >= 0.3 is 0 Å². The number of rotatable bonds is 1. The molecule has 2 N–H and O–H groups in total. The van der Waals surface area contributed by atoms with Gasteiger partial charge in [-0.2, -0.15) is 0 Å². The lowest BCUT2D eigenvalue weighted by Gasteiger charge is -2.46. The summed E-state index contributed by atoms with van der Waals surface area (Å²) in [5, 5.41) is 14.6. The molecular formula is C13H18ClNO2. The van der Waals surface area contributed by atoms with Crippen molar-refractivity contribution in [2.45, 2.75) is 38.1 Å². The molecule has 1 saturated heterocycles. The van der Waals surface area contributed by atoms with Crippen molar-refractivity contribution >= 4 is 11.6 Å². The lowest BCUT2D eigenvalue weighted by atomic mass is 9.93. The van der Waals surface area contributed by atoms with E-state index in [1.165, 1.54) is 0 Å². The predicted octanol–water partition coefficient (Wildman–Crippen LogP) is 2.27. The Bertz CT molecular complexity index is 422. The molecule has 2 unspecified atom stereocenters. The first-order valence-electron chi connectivity index (χ1n) is 5.74. The van der Waals surface area contributed by atoms with Crippen LogP contribution in [0.4, 0.5) is 0 Å². The Morgan fingerprint density at radius 3 is 2.76 bits per heavy atom. The van der Waals surface area contributed by atoms with E-state index < -0.39 is 5.79 Å². The Balaban J connectivity index is 2.31. The van der Waals surface area contributed by atoms with Crippen molar-refractivity contribution in [2.75, 3.05) is 6.61 Å². The Labute approximate surface area is 107 Å². The van der Waals surface area contributed by atoms with Gasteiger partial charge in [0.15, 0.2) is 0 Å². The number of hydrogen-bond donors (Lipinski definition) is 2. The Morgan fingerprint density at radius 1 is 1.47 bits per heavy atom. The fourth-order valence-electron chi connectivity index (χ4n) is 2.19. The van der Waals surface area contributed by atoms with Crippen LogP contribution in [-0.2, 0) is 10.5 Å². The Hall–Kier alpha value is -0.610. The SMILES string of the molecule is CC1NC(C)(C)COC1(O)c1cccc(Cl)c1. The fraction of sp³-hybridized carbons (Fsp3) is 0.538. The highest BCUT2D eigenvalue weighted by molar-refractivity contribution is 6.30. The van der Waals surface area contributed by atoms with E-state index in [1.807, 2.05) is 32.9 Å². The van der Waals surface area contributed by atoms with Gasteiger partial charge in [0.2, 0.25) is 5.79 Å². The van der Waals surface area contributed by atoms with Gasteiger partial charge in [-0.15, -0.1) is 0 Å². The second kappa shape index (κ2) is 4.25. The largest absolute Gasteiger partial charge is 0.361 e. The van der Waals surface area contributed by atoms with E-state index >= 15 is 0 Å². The van der Waals surface area contributed by atoms with Crippen molar-refractivity contribution in [3.05, 3.63) is 34.9 Å². The third-order valence-electron chi connectivity index (χ3n) is 3.09. The number of morpholine rings is 1. The molecule has 1 heterocycles. The summed E-state index contributed by atoms with van der Waals surface area (Å²) in [6, 6.07) is 6.94. The molecule has 2 atom stereocenters. The van der Waals surface area contributed by atoms with Crippen LogP contribution in [0.1, 0.15) is 26.3 Å². The van der Waals surface area contributed by atoms with Crippen molar-refractivity contribution in [2.24, 2.45) is 0 Å². The van der Waals surface area contributed by atoms with Gasteiger partial charge < -0.3 is 15.2 Å². The van der Waals surface area contributed by atoms with Crippen molar-refractivity contribution in [3.63, 3.8) is 0 Å². The monoisotopic (exact) mass is 255 g/mol. The second-order valence-electron chi connectivity index (χ2n) is 5.25. The molecule has 0 aliphatic carbocycles. The molecule has 1 aliphatic rings. The minimum atomic E-state index is -1.32. The van der Waals surface area contributed by atoms with Gasteiger partial charge in [-0.1, -0.05) is 23.7 Å². The average molecular weight is 256 g/mol. The summed E-state index contributed by atoms with van der Waals surface area (Å²) >= 11 is 5.94. The molecule has 4 heteroatoms. The summed E-state index contributed by atoms with van der Waals surface area (Å²) in [4.78, 5) is 0. The van der Waals surface area contributed by atoms with Gasteiger partial charge in [-0.25, -0.2) is 0 Å². The van der Waals surface area contributed by atoms with Crippen LogP contribution in [0.25, 0.3) is 0 Å². The molecule has 1 aliphatic heterocycles. The number of ether oxygens (including phenoxy) is 1. The fourth-order valence-corrected chi connectivity index (χ4v) is 2.38. The smallest absolute Gasteiger partial charge is 0.208 e. The van der Waals surface area contributed by atoms with Crippen LogP contribution in [0.5, 0.6) is 0 Å². The van der Waals surface area contributed by atoms with Crippen LogP contribution < -0.4 is 5.32 Å². The first-order chi connectivity index (χ1) is 7.83. The van der Waals surface area contributed by atoms with Crippen molar-refractivity contribution in [3.8, 4) is 0 Å². The van der Waals surface area contributed by atoms with Gasteiger partial charge in [-0.3, -0.25) is 0 Å². The summed E-state index contributed by atoms with van der Waals surface area (Å²) in [6.45, 7) is 6.43. The number of hydrogen-bond acceptors (Lipinski definition) is 3. The van der Waals surface area contributed by atoms with Crippen molar-refractivity contribution < 1.29 is 9.84 Å². The predicted molar refractivity (Wildman–Crippen MR) is 68.0 cm³/mol. The molecule has 0 amide bonds. The zero-order valence-corrected chi connectivity index (χ0v) is 11.1. The topological polar surface area (TPSA) is 41.5 Å². The number of aliphatic hydroxyl groups is 1. The molecule has 1 aromatic carbocycles. The van der Waals surface area contributed by atoms with Crippen LogP contribution in [0.2, 0.25) is 5.02 Å². The molecule has 0 bridgehead atoms.